The molecule has 0 radical (unpaired) electrons. The molecule has 108 valence electrons. The van der Waals surface area contributed by atoms with Gasteiger partial charge in [0.2, 0.25) is 0 Å². The van der Waals surface area contributed by atoms with Crippen molar-refractivity contribution in [3.05, 3.63) is 63.7 Å². The number of carbonyl (C=O) groups excluding carboxylic acids is 1. The van der Waals surface area contributed by atoms with E-state index in [2.05, 4.69) is 0 Å². The van der Waals surface area contributed by atoms with Crippen molar-refractivity contribution in [3.8, 4) is 0 Å². The number of anilines is 2. The molecule has 0 saturated carbocycles. The molecule has 2 rings (SSSR count). The number of rotatable bonds is 3. The summed E-state index contributed by atoms with van der Waals surface area (Å²) in [6.07, 6.45) is 0. The summed E-state index contributed by atoms with van der Waals surface area (Å²) in [5.74, 6) is -0.387. The number of benzene rings is 2. The number of aryl methyl sites for hydroxylation is 1. The first-order valence-electron chi connectivity index (χ1n) is 6.29. The molecule has 1 amide bonds. The van der Waals surface area contributed by atoms with Gasteiger partial charge in [-0.2, -0.15) is 0 Å². The monoisotopic (exact) mass is 285 g/mol. The second-order valence-corrected chi connectivity index (χ2v) is 4.73. The van der Waals surface area contributed by atoms with Crippen LogP contribution in [0.2, 0.25) is 0 Å². The van der Waals surface area contributed by atoms with E-state index in [4.69, 9.17) is 5.73 Å². The molecule has 0 atom stereocenters. The first-order chi connectivity index (χ1) is 9.90. The van der Waals surface area contributed by atoms with Crippen LogP contribution in [-0.2, 0) is 0 Å². The number of nitrogens with zero attached hydrogens (tertiary/aromatic N) is 2. The Bertz CT molecular complexity index is 713. The number of amides is 1. The third kappa shape index (κ3) is 3.00. The van der Waals surface area contributed by atoms with E-state index in [9.17, 15) is 14.9 Å². The van der Waals surface area contributed by atoms with Gasteiger partial charge in [-0.1, -0.05) is 12.1 Å². The molecule has 0 aromatic heterocycles. The lowest BCUT2D eigenvalue weighted by Crippen LogP contribution is -2.27. The third-order valence-electron chi connectivity index (χ3n) is 3.17. The van der Waals surface area contributed by atoms with Crippen molar-refractivity contribution in [2.24, 2.45) is 0 Å². The van der Waals surface area contributed by atoms with Gasteiger partial charge in [-0.05, 0) is 30.7 Å². The minimum absolute atomic E-state index is 0.119. The summed E-state index contributed by atoms with van der Waals surface area (Å²) in [6.45, 7) is 1.92. The summed E-state index contributed by atoms with van der Waals surface area (Å²) in [5, 5.41) is 10.8. The highest BCUT2D eigenvalue weighted by atomic mass is 16.6. The fourth-order valence-corrected chi connectivity index (χ4v) is 1.98. The maximum Gasteiger partial charge on any atom is 0.270 e. The Kier molecular flexibility index (Phi) is 3.89. The van der Waals surface area contributed by atoms with Crippen LogP contribution in [0.15, 0.2) is 42.5 Å². The standard InChI is InChI=1S/C15H15N3O3/c1-10-4-3-5-11(8-10)17(2)15(19)13-9-12(18(20)21)6-7-14(13)16/h3-9H,16H2,1-2H3. The first kappa shape index (κ1) is 14.5. The number of non-ortho nitro benzene ring substituents is 1. The molecule has 2 N–H and O–H groups in total. The molecular weight excluding hydrogens is 270 g/mol. The largest absolute Gasteiger partial charge is 0.398 e. The van der Waals surface area contributed by atoms with Gasteiger partial charge in [0.1, 0.15) is 0 Å². The van der Waals surface area contributed by atoms with Gasteiger partial charge in [-0.3, -0.25) is 14.9 Å². The molecule has 0 bridgehead atoms. The van der Waals surface area contributed by atoms with E-state index in [-0.39, 0.29) is 22.8 Å². The van der Waals surface area contributed by atoms with Gasteiger partial charge in [0.15, 0.2) is 0 Å². The van der Waals surface area contributed by atoms with Crippen LogP contribution in [0.5, 0.6) is 0 Å². The fourth-order valence-electron chi connectivity index (χ4n) is 1.98. The number of nitro groups is 1. The van der Waals surface area contributed by atoms with Crippen molar-refractivity contribution in [1.29, 1.82) is 0 Å². The van der Waals surface area contributed by atoms with E-state index in [1.165, 1.54) is 23.1 Å². The van der Waals surface area contributed by atoms with Crippen LogP contribution in [0.25, 0.3) is 0 Å². The molecule has 6 nitrogen and oxygen atoms in total. The van der Waals surface area contributed by atoms with Gasteiger partial charge in [0.25, 0.3) is 11.6 Å². The zero-order valence-corrected chi connectivity index (χ0v) is 11.7. The van der Waals surface area contributed by atoms with Crippen LogP contribution < -0.4 is 10.6 Å². The summed E-state index contributed by atoms with van der Waals surface area (Å²) in [7, 11) is 1.61. The normalized spacial score (nSPS) is 10.2. The van der Waals surface area contributed by atoms with E-state index in [0.29, 0.717) is 5.69 Å². The topological polar surface area (TPSA) is 89.5 Å². The van der Waals surface area contributed by atoms with Crippen molar-refractivity contribution in [1.82, 2.24) is 0 Å². The van der Waals surface area contributed by atoms with Crippen LogP contribution in [0.4, 0.5) is 17.1 Å². The van der Waals surface area contributed by atoms with E-state index < -0.39 is 4.92 Å². The molecule has 2 aromatic rings. The molecule has 21 heavy (non-hydrogen) atoms. The van der Waals surface area contributed by atoms with Crippen LogP contribution in [0.3, 0.4) is 0 Å². The summed E-state index contributed by atoms with van der Waals surface area (Å²) in [6, 6.07) is 11.2. The van der Waals surface area contributed by atoms with Gasteiger partial charge < -0.3 is 10.6 Å². The maximum absolute atomic E-state index is 12.5. The number of hydrogen-bond donors (Lipinski definition) is 1. The lowest BCUT2D eigenvalue weighted by atomic mass is 10.1. The first-order valence-corrected chi connectivity index (χ1v) is 6.29. The van der Waals surface area contributed by atoms with E-state index in [1.54, 1.807) is 13.1 Å². The van der Waals surface area contributed by atoms with Crippen LogP contribution in [0, 0.1) is 17.0 Å². The predicted octanol–water partition coefficient (Wildman–Crippen LogP) is 2.76. The second-order valence-electron chi connectivity index (χ2n) is 4.73. The summed E-state index contributed by atoms with van der Waals surface area (Å²) < 4.78 is 0. The third-order valence-corrected chi connectivity index (χ3v) is 3.17. The van der Waals surface area contributed by atoms with Gasteiger partial charge >= 0.3 is 0 Å². The van der Waals surface area contributed by atoms with Crippen molar-refractivity contribution in [3.63, 3.8) is 0 Å². The smallest absolute Gasteiger partial charge is 0.270 e. The summed E-state index contributed by atoms with van der Waals surface area (Å²) in [5.41, 5.74) is 7.65. The van der Waals surface area contributed by atoms with E-state index >= 15 is 0 Å². The average Bonchev–Trinajstić information content (AvgIpc) is 2.46. The molecule has 0 aliphatic rings. The Morgan fingerprint density at radius 1 is 1.24 bits per heavy atom. The van der Waals surface area contributed by atoms with Gasteiger partial charge in [-0.25, -0.2) is 0 Å². The Labute approximate surface area is 121 Å². The van der Waals surface area contributed by atoms with Crippen molar-refractivity contribution < 1.29 is 9.72 Å². The SMILES string of the molecule is Cc1cccc(N(C)C(=O)c2cc([N+](=O)[O-])ccc2N)c1. The number of carbonyl (C=O) groups is 1. The molecule has 2 aromatic carbocycles. The molecule has 0 fully saturated rings. The highest BCUT2D eigenvalue weighted by Crippen LogP contribution is 2.23. The number of nitrogens with two attached hydrogens (primary N) is 1. The summed E-state index contributed by atoms with van der Waals surface area (Å²) in [4.78, 5) is 24.2. The highest BCUT2D eigenvalue weighted by molar-refractivity contribution is 6.09. The Balaban J connectivity index is 2.39. The fraction of sp³-hybridized carbons (Fsp3) is 0.133. The van der Waals surface area contributed by atoms with Crippen molar-refractivity contribution in [2.45, 2.75) is 6.92 Å². The van der Waals surface area contributed by atoms with E-state index in [0.717, 1.165) is 5.56 Å². The number of nitro benzene ring substituents is 1. The maximum atomic E-state index is 12.5. The van der Waals surface area contributed by atoms with Crippen LogP contribution >= 0.6 is 0 Å². The zero-order valence-electron chi connectivity index (χ0n) is 11.7. The molecule has 0 aliphatic heterocycles. The van der Waals surface area contributed by atoms with Crippen molar-refractivity contribution in [2.75, 3.05) is 17.7 Å². The molecule has 0 aliphatic carbocycles. The molecule has 0 unspecified atom stereocenters. The lowest BCUT2D eigenvalue weighted by molar-refractivity contribution is -0.384. The Morgan fingerprint density at radius 3 is 2.57 bits per heavy atom. The molecule has 6 heteroatoms. The van der Waals surface area contributed by atoms with Crippen LogP contribution in [-0.4, -0.2) is 17.9 Å². The molecular formula is C15H15N3O3. The van der Waals surface area contributed by atoms with E-state index in [1.807, 2.05) is 25.1 Å². The second kappa shape index (κ2) is 5.62. The van der Waals surface area contributed by atoms with Crippen LogP contribution in [0.1, 0.15) is 15.9 Å². The van der Waals surface area contributed by atoms with Crippen molar-refractivity contribution >= 4 is 23.0 Å². The minimum Gasteiger partial charge on any atom is -0.398 e. The Morgan fingerprint density at radius 2 is 1.95 bits per heavy atom. The van der Waals surface area contributed by atoms with Gasteiger partial charge in [0, 0.05) is 30.6 Å². The number of nitrogen functional groups attached to an aromatic ring is 1. The minimum atomic E-state index is -0.553. The Hall–Kier alpha value is -2.89. The van der Waals surface area contributed by atoms with Gasteiger partial charge in [-0.15, -0.1) is 0 Å². The molecule has 0 heterocycles. The molecule has 0 saturated heterocycles. The summed E-state index contributed by atoms with van der Waals surface area (Å²) >= 11 is 0. The predicted molar refractivity (Wildman–Crippen MR) is 81.4 cm³/mol. The number of hydrogen-bond acceptors (Lipinski definition) is 4. The lowest BCUT2D eigenvalue weighted by Gasteiger charge is -2.18. The highest BCUT2D eigenvalue weighted by Gasteiger charge is 2.19. The average molecular weight is 285 g/mol. The van der Waals surface area contributed by atoms with Gasteiger partial charge in [0.05, 0.1) is 10.5 Å². The zero-order chi connectivity index (χ0) is 15.6. The molecule has 0 spiro atoms. The quantitative estimate of drug-likeness (QED) is 0.533.